The van der Waals surface area contributed by atoms with Gasteiger partial charge in [0.15, 0.2) is 0 Å². The zero-order valence-electron chi connectivity index (χ0n) is 6.34. The van der Waals surface area contributed by atoms with Crippen molar-refractivity contribution in [3.63, 3.8) is 0 Å². The standard InChI is InChI=1S/C5H10NO2P.Y/c1-5(2,3)8-4(7)6-9;/h9H,1-3H3;. The summed E-state index contributed by atoms with van der Waals surface area (Å²) in [4.78, 5) is 10.4. The van der Waals surface area contributed by atoms with Gasteiger partial charge in [-0.15, -0.1) is 0 Å². The van der Waals surface area contributed by atoms with Gasteiger partial charge in [0.05, 0.1) is 0 Å². The average Bonchev–Trinajstić information content (AvgIpc) is 1.62. The van der Waals surface area contributed by atoms with Crippen molar-refractivity contribution in [2.24, 2.45) is 4.74 Å². The second kappa shape index (κ2) is 5.34. The molecular weight excluding hydrogens is 226 g/mol. The molecule has 0 unspecified atom stereocenters. The average molecular weight is 236 g/mol. The molecule has 0 bridgehead atoms. The largest absolute Gasteiger partial charge is 0.442 e. The fourth-order valence-corrected chi connectivity index (χ4v) is 0.330. The quantitative estimate of drug-likeness (QED) is 0.605. The molecule has 0 N–H and O–H groups in total. The Morgan fingerprint density at radius 2 is 1.90 bits per heavy atom. The minimum Gasteiger partial charge on any atom is -0.442 e. The van der Waals surface area contributed by atoms with Gasteiger partial charge in [-0.25, -0.2) is 4.79 Å². The second-order valence-electron chi connectivity index (χ2n) is 2.59. The van der Waals surface area contributed by atoms with Crippen LogP contribution in [0.2, 0.25) is 0 Å². The topological polar surface area (TPSA) is 38.7 Å². The molecular formula is C5H10NO2PY. The number of amides is 1. The van der Waals surface area contributed by atoms with Crippen molar-refractivity contribution in [1.82, 2.24) is 0 Å². The van der Waals surface area contributed by atoms with Crippen molar-refractivity contribution in [2.45, 2.75) is 26.4 Å². The summed E-state index contributed by atoms with van der Waals surface area (Å²) in [7, 11) is 2.66. The molecule has 0 aliphatic rings. The number of hydrogen-bond donors (Lipinski definition) is 0. The first-order chi connectivity index (χ1) is 3.95. The molecule has 1 radical (unpaired) electrons. The Bertz CT molecular complexity index is 132. The Hall–Kier alpha value is 0.674. The van der Waals surface area contributed by atoms with E-state index < -0.39 is 11.7 Å². The van der Waals surface area contributed by atoms with Gasteiger partial charge in [-0.3, -0.25) is 0 Å². The molecule has 0 aliphatic heterocycles. The molecule has 3 nitrogen and oxygen atoms in total. The summed E-state index contributed by atoms with van der Waals surface area (Å²) in [6.45, 7) is 5.34. The Morgan fingerprint density at radius 3 is 2.00 bits per heavy atom. The number of carbonyl (C=O) groups excluding carboxylic acids is 1. The van der Waals surface area contributed by atoms with E-state index in [4.69, 9.17) is 4.74 Å². The summed E-state index contributed by atoms with van der Waals surface area (Å²) in [6, 6.07) is 0. The zero-order chi connectivity index (χ0) is 7.49. The predicted octanol–water partition coefficient (Wildman–Crippen LogP) is 2.25. The van der Waals surface area contributed by atoms with E-state index in [2.05, 4.69) is 13.8 Å². The third kappa shape index (κ3) is 8.67. The third-order valence-corrected chi connectivity index (χ3v) is 0.667. The Morgan fingerprint density at radius 1 is 1.50 bits per heavy atom. The van der Waals surface area contributed by atoms with Gasteiger partial charge in [0.25, 0.3) is 0 Å². The number of hydrogen-bond acceptors (Lipinski definition) is 2. The first-order valence-electron chi connectivity index (χ1n) is 2.56. The van der Waals surface area contributed by atoms with Crippen LogP contribution >= 0.6 is 9.03 Å². The van der Waals surface area contributed by atoms with Crippen molar-refractivity contribution in [3.05, 3.63) is 0 Å². The molecule has 0 rings (SSSR count). The SMILES string of the molecule is CC(C)(C)OC(=O)N=P.[Y]. The van der Waals surface area contributed by atoms with Gasteiger partial charge in [0.2, 0.25) is 0 Å². The van der Waals surface area contributed by atoms with Gasteiger partial charge in [-0.2, -0.15) is 4.74 Å². The van der Waals surface area contributed by atoms with Crippen molar-refractivity contribution < 1.29 is 42.2 Å². The summed E-state index contributed by atoms with van der Waals surface area (Å²) in [5, 5.41) is 0. The van der Waals surface area contributed by atoms with Crippen molar-refractivity contribution in [2.75, 3.05) is 0 Å². The molecule has 0 aromatic heterocycles. The van der Waals surface area contributed by atoms with Gasteiger partial charge >= 0.3 is 6.09 Å². The monoisotopic (exact) mass is 236 g/mol. The van der Waals surface area contributed by atoms with E-state index in [-0.39, 0.29) is 32.7 Å². The van der Waals surface area contributed by atoms with Crippen LogP contribution in [-0.4, -0.2) is 11.7 Å². The number of rotatable bonds is 0. The van der Waals surface area contributed by atoms with E-state index in [1.807, 2.05) is 0 Å². The van der Waals surface area contributed by atoms with Crippen molar-refractivity contribution >= 4 is 15.1 Å². The number of ether oxygens (including phenoxy) is 1. The maximum Gasteiger partial charge on any atom is 0.437 e. The summed E-state index contributed by atoms with van der Waals surface area (Å²) >= 11 is 0. The third-order valence-electron chi connectivity index (χ3n) is 0.485. The fraction of sp³-hybridized carbons (Fsp3) is 0.800. The fourth-order valence-electron chi connectivity index (χ4n) is 0.285. The molecule has 10 heavy (non-hydrogen) atoms. The Kier molecular flexibility index (Phi) is 7.09. The first kappa shape index (κ1) is 13.3. The minimum absolute atomic E-state index is 0. The zero-order valence-corrected chi connectivity index (χ0v) is 10.2. The predicted molar refractivity (Wildman–Crippen MR) is 37.0 cm³/mol. The Labute approximate surface area is 88.1 Å². The van der Waals surface area contributed by atoms with Crippen LogP contribution in [0, 0.1) is 0 Å². The van der Waals surface area contributed by atoms with E-state index in [1.165, 1.54) is 0 Å². The summed E-state index contributed by atoms with van der Waals surface area (Å²) in [5.74, 6) is 0. The Balaban J connectivity index is 0. The molecule has 0 heterocycles. The molecule has 0 fully saturated rings. The van der Waals surface area contributed by atoms with Crippen LogP contribution in [0.25, 0.3) is 0 Å². The van der Waals surface area contributed by atoms with Crippen LogP contribution in [-0.2, 0) is 37.4 Å². The first-order valence-corrected chi connectivity index (χ1v) is 3.01. The van der Waals surface area contributed by atoms with E-state index in [0.29, 0.717) is 0 Å². The molecule has 0 aromatic rings. The summed E-state index contributed by atoms with van der Waals surface area (Å²) in [6.07, 6.45) is -0.598. The van der Waals surface area contributed by atoms with Crippen LogP contribution in [0.4, 0.5) is 4.79 Å². The van der Waals surface area contributed by atoms with Gasteiger partial charge in [0, 0.05) is 32.7 Å². The smallest absolute Gasteiger partial charge is 0.437 e. The molecule has 5 heteroatoms. The minimum atomic E-state index is -0.598. The maximum atomic E-state index is 10.4. The van der Waals surface area contributed by atoms with E-state index in [0.717, 1.165) is 0 Å². The normalized spacial score (nSPS) is 9.50. The van der Waals surface area contributed by atoms with Crippen LogP contribution in [0.15, 0.2) is 4.74 Å². The molecule has 0 aliphatic carbocycles. The van der Waals surface area contributed by atoms with Gasteiger partial charge in [-0.1, -0.05) is 0 Å². The van der Waals surface area contributed by atoms with Crippen LogP contribution in [0.3, 0.4) is 0 Å². The van der Waals surface area contributed by atoms with E-state index >= 15 is 0 Å². The van der Waals surface area contributed by atoms with E-state index in [1.54, 1.807) is 20.8 Å². The van der Waals surface area contributed by atoms with Crippen molar-refractivity contribution in [3.8, 4) is 0 Å². The summed E-state index contributed by atoms with van der Waals surface area (Å²) in [5.41, 5.74) is -0.451. The molecule has 0 saturated carbocycles. The molecule has 1 amide bonds. The molecule has 0 atom stereocenters. The van der Waals surface area contributed by atoms with Gasteiger partial charge in [0.1, 0.15) is 5.60 Å². The van der Waals surface area contributed by atoms with E-state index in [9.17, 15) is 4.79 Å². The number of carbonyl (C=O) groups is 1. The van der Waals surface area contributed by atoms with Crippen LogP contribution in [0.1, 0.15) is 20.8 Å². The van der Waals surface area contributed by atoms with Gasteiger partial charge in [-0.05, 0) is 29.8 Å². The number of nitrogens with zero attached hydrogens (tertiary/aromatic N) is 1. The van der Waals surface area contributed by atoms with Crippen molar-refractivity contribution in [1.29, 1.82) is 0 Å². The molecule has 0 saturated heterocycles. The van der Waals surface area contributed by atoms with Crippen LogP contribution in [0.5, 0.6) is 0 Å². The maximum absolute atomic E-state index is 10.4. The summed E-state index contributed by atoms with van der Waals surface area (Å²) < 4.78 is 7.85. The van der Waals surface area contributed by atoms with Crippen LogP contribution < -0.4 is 0 Å². The van der Waals surface area contributed by atoms with Gasteiger partial charge < -0.3 is 4.74 Å². The molecule has 0 spiro atoms. The molecule has 55 valence electrons. The second-order valence-corrected chi connectivity index (χ2v) is 2.82. The molecule has 0 aromatic carbocycles.